The van der Waals surface area contributed by atoms with Gasteiger partial charge in [-0.15, -0.1) is 0 Å². The first-order chi connectivity index (χ1) is 18.6. The highest BCUT2D eigenvalue weighted by Gasteiger charge is 2.40. The van der Waals surface area contributed by atoms with Crippen molar-refractivity contribution in [2.45, 2.75) is 54.6 Å². The van der Waals surface area contributed by atoms with E-state index in [9.17, 15) is 13.7 Å². The van der Waals surface area contributed by atoms with Crippen molar-refractivity contribution < 1.29 is 40.8 Å². The number of rotatable bonds is 15. The average Bonchev–Trinajstić information content (AvgIpc) is 2.87. The van der Waals surface area contributed by atoms with Gasteiger partial charge in [0.15, 0.2) is 0 Å². The molecular formula is C23H45N4O9P3. The van der Waals surface area contributed by atoms with Gasteiger partial charge >= 0.3 is 23.2 Å². The summed E-state index contributed by atoms with van der Waals surface area (Å²) in [6, 6.07) is 5.45. The molecule has 0 N–H and O–H groups in total. The molecule has 16 heteroatoms. The summed E-state index contributed by atoms with van der Waals surface area (Å²) in [5, 5.41) is 0. The molecule has 0 aliphatic carbocycles. The van der Waals surface area contributed by atoms with Gasteiger partial charge in [-0.2, -0.15) is 0 Å². The van der Waals surface area contributed by atoms with Crippen LogP contribution in [0.3, 0.4) is 0 Å². The van der Waals surface area contributed by atoms with Crippen LogP contribution < -0.4 is 0 Å². The second-order valence-electron chi connectivity index (χ2n) is 8.26. The second-order valence-corrected chi connectivity index (χ2v) is 14.3. The second kappa shape index (κ2) is 16.8. The van der Waals surface area contributed by atoms with E-state index >= 15 is 0 Å². The fraction of sp³-hybridized carbons (Fsp3) is 0.783. The molecule has 226 valence electrons. The van der Waals surface area contributed by atoms with E-state index < -0.39 is 23.2 Å². The minimum Gasteiger partial charge on any atom is -0.297 e. The summed E-state index contributed by atoms with van der Waals surface area (Å²) in [7, 11) is -11.2. The standard InChI is InChI=1S/C23H45N4O9P3/c1-7-31-37(28,32-8-2)25-16-18-26(38(29,33-9-3)34-10-4)20-22-14-13-15-23(24-22)21-27(19-17-25)39(30,35-11-5)36-12-6/h13-15H,7-12,16-21H2,1-6H3. The van der Waals surface area contributed by atoms with Crippen molar-refractivity contribution >= 4 is 23.2 Å². The molecule has 0 fully saturated rings. The lowest BCUT2D eigenvalue weighted by Crippen LogP contribution is -2.39. The average molecular weight is 615 g/mol. The summed E-state index contributed by atoms with van der Waals surface area (Å²) in [4.78, 5) is 4.74. The molecule has 1 aromatic heterocycles. The third kappa shape index (κ3) is 9.77. The number of hydrogen-bond acceptors (Lipinski definition) is 10. The van der Waals surface area contributed by atoms with Crippen LogP contribution >= 0.6 is 23.2 Å². The SMILES string of the molecule is CCOP(=O)(OCC)N1CCN(P(=O)(OCC)OCC)Cc2cccc(n2)CN(P(=O)(OCC)OCC)CC1. The summed E-state index contributed by atoms with van der Waals surface area (Å²) in [5.74, 6) is 0. The van der Waals surface area contributed by atoms with Crippen molar-refractivity contribution in [3.63, 3.8) is 0 Å². The molecule has 1 aromatic rings. The first kappa shape index (κ1) is 34.7. The predicted molar refractivity (Wildman–Crippen MR) is 149 cm³/mol. The van der Waals surface area contributed by atoms with Crippen LogP contribution in [-0.4, -0.2) is 84.8 Å². The highest BCUT2D eigenvalue weighted by molar-refractivity contribution is 7.52. The van der Waals surface area contributed by atoms with Crippen LogP contribution in [0.1, 0.15) is 52.9 Å². The van der Waals surface area contributed by atoms with Crippen LogP contribution in [0, 0.1) is 0 Å². The van der Waals surface area contributed by atoms with Gasteiger partial charge < -0.3 is 0 Å². The van der Waals surface area contributed by atoms with Gasteiger partial charge in [-0.3, -0.25) is 32.1 Å². The van der Waals surface area contributed by atoms with Crippen molar-refractivity contribution in [2.24, 2.45) is 0 Å². The quantitative estimate of drug-likeness (QED) is 0.229. The van der Waals surface area contributed by atoms with Crippen LogP contribution in [0.5, 0.6) is 0 Å². The zero-order valence-electron chi connectivity index (χ0n) is 24.0. The Morgan fingerprint density at radius 3 is 1.15 bits per heavy atom. The maximum Gasteiger partial charge on any atom is 0.408 e. The summed E-state index contributed by atoms with van der Waals surface area (Å²) < 4.78 is 80.2. The van der Waals surface area contributed by atoms with E-state index in [1.54, 1.807) is 55.6 Å². The Labute approximate surface area is 233 Å². The van der Waals surface area contributed by atoms with Crippen molar-refractivity contribution in [3.8, 4) is 0 Å². The Bertz CT molecular complexity index is 930. The Hall–Kier alpha value is -0.520. The molecular weight excluding hydrogens is 569 g/mol. The van der Waals surface area contributed by atoms with Gasteiger partial charge in [0.1, 0.15) is 0 Å². The number of aromatic nitrogens is 1. The zero-order valence-corrected chi connectivity index (χ0v) is 26.7. The largest absolute Gasteiger partial charge is 0.408 e. The van der Waals surface area contributed by atoms with Crippen molar-refractivity contribution in [1.82, 2.24) is 19.0 Å². The lowest BCUT2D eigenvalue weighted by atomic mass is 10.3. The van der Waals surface area contributed by atoms with E-state index in [0.29, 0.717) is 11.4 Å². The molecule has 0 amide bonds. The third-order valence-electron chi connectivity index (χ3n) is 5.58. The number of pyridine rings is 1. The van der Waals surface area contributed by atoms with Crippen LogP contribution in [0.25, 0.3) is 0 Å². The zero-order chi connectivity index (χ0) is 28.9. The third-order valence-corrected chi connectivity index (χ3v) is 12.2. The lowest BCUT2D eigenvalue weighted by Gasteiger charge is -2.36. The maximum absolute atomic E-state index is 13.9. The van der Waals surface area contributed by atoms with E-state index in [-0.39, 0.29) is 78.9 Å². The Kier molecular flexibility index (Phi) is 14.9. The van der Waals surface area contributed by atoms with Crippen molar-refractivity contribution in [2.75, 3.05) is 65.8 Å². The summed E-state index contributed by atoms with van der Waals surface area (Å²) in [6.07, 6.45) is 0. The van der Waals surface area contributed by atoms with Gasteiger partial charge in [0.05, 0.1) is 64.1 Å². The molecule has 0 spiro atoms. The summed E-state index contributed by atoms with van der Waals surface area (Å²) in [5.41, 5.74) is 1.22. The molecule has 0 atom stereocenters. The van der Waals surface area contributed by atoms with Crippen molar-refractivity contribution in [1.29, 1.82) is 0 Å². The molecule has 0 saturated heterocycles. The lowest BCUT2D eigenvalue weighted by molar-refractivity contribution is 0.134. The first-order valence-corrected chi connectivity index (χ1v) is 18.0. The maximum atomic E-state index is 13.9. The monoisotopic (exact) mass is 614 g/mol. The molecule has 0 aromatic carbocycles. The Morgan fingerprint density at radius 1 is 0.564 bits per heavy atom. The van der Waals surface area contributed by atoms with E-state index in [1.165, 1.54) is 0 Å². The van der Waals surface area contributed by atoms with Crippen LogP contribution in [-0.2, 0) is 53.9 Å². The van der Waals surface area contributed by atoms with Crippen LogP contribution in [0.4, 0.5) is 0 Å². The molecule has 13 nitrogen and oxygen atoms in total. The highest BCUT2D eigenvalue weighted by atomic mass is 31.2. The summed E-state index contributed by atoms with van der Waals surface area (Å²) in [6.45, 7) is 12.3. The topological polar surface area (TPSA) is 129 Å². The van der Waals surface area contributed by atoms with Crippen LogP contribution in [0.15, 0.2) is 18.2 Å². The fourth-order valence-corrected chi connectivity index (χ4v) is 9.19. The van der Waals surface area contributed by atoms with E-state index in [0.717, 1.165) is 0 Å². The van der Waals surface area contributed by atoms with Gasteiger partial charge in [-0.25, -0.2) is 27.7 Å². The minimum atomic E-state index is -3.76. The molecule has 0 saturated carbocycles. The first-order valence-electron chi connectivity index (χ1n) is 13.5. The normalized spacial score (nSPS) is 17.6. The minimum absolute atomic E-state index is 0.127. The Morgan fingerprint density at radius 2 is 0.846 bits per heavy atom. The van der Waals surface area contributed by atoms with Crippen LogP contribution in [0.2, 0.25) is 0 Å². The highest BCUT2D eigenvalue weighted by Crippen LogP contribution is 2.56. The van der Waals surface area contributed by atoms with Gasteiger partial charge in [0.25, 0.3) is 0 Å². The molecule has 2 bridgehead atoms. The number of fused-ring (bicyclic) bond motifs is 2. The van der Waals surface area contributed by atoms with Gasteiger partial charge in [0.2, 0.25) is 0 Å². The number of nitrogens with zero attached hydrogens (tertiary/aromatic N) is 4. The van der Waals surface area contributed by atoms with E-state index in [2.05, 4.69) is 0 Å². The molecule has 2 heterocycles. The molecule has 2 rings (SSSR count). The Balaban J connectivity index is 2.62. The van der Waals surface area contributed by atoms with E-state index in [1.807, 2.05) is 18.2 Å². The van der Waals surface area contributed by atoms with E-state index in [4.69, 9.17) is 32.1 Å². The molecule has 1 aliphatic heterocycles. The molecule has 39 heavy (non-hydrogen) atoms. The molecule has 0 radical (unpaired) electrons. The fourth-order valence-electron chi connectivity index (χ4n) is 4.05. The van der Waals surface area contributed by atoms with Crippen molar-refractivity contribution in [3.05, 3.63) is 29.6 Å². The van der Waals surface area contributed by atoms with Gasteiger partial charge in [-0.05, 0) is 53.7 Å². The smallest absolute Gasteiger partial charge is 0.297 e. The molecule has 0 unspecified atom stereocenters. The summed E-state index contributed by atoms with van der Waals surface area (Å²) >= 11 is 0. The predicted octanol–water partition coefficient (Wildman–Crippen LogP) is 5.54. The van der Waals surface area contributed by atoms with Gasteiger partial charge in [-0.1, -0.05) is 6.07 Å². The molecule has 1 aliphatic rings. The van der Waals surface area contributed by atoms with Gasteiger partial charge in [0, 0.05) is 26.2 Å². The number of hydrogen-bond donors (Lipinski definition) is 0.